The molecule has 0 unspecified atom stereocenters. The average Bonchev–Trinajstić information content (AvgIpc) is 2.54. The summed E-state index contributed by atoms with van der Waals surface area (Å²) in [5.74, 6) is 0.386. The Kier molecular flexibility index (Phi) is 3.97. The van der Waals surface area contributed by atoms with Gasteiger partial charge >= 0.3 is 5.97 Å². The molecule has 3 aromatic rings. The van der Waals surface area contributed by atoms with Gasteiger partial charge in [-0.05, 0) is 41.3 Å². The summed E-state index contributed by atoms with van der Waals surface area (Å²) in [6.45, 7) is 6.39. The van der Waals surface area contributed by atoms with E-state index in [9.17, 15) is 4.79 Å². The first-order chi connectivity index (χ1) is 11.3. The maximum absolute atomic E-state index is 12.4. The van der Waals surface area contributed by atoms with E-state index >= 15 is 0 Å². The van der Waals surface area contributed by atoms with E-state index in [1.165, 1.54) is 5.56 Å². The molecule has 122 valence electrons. The average molecular weight is 320 g/mol. The van der Waals surface area contributed by atoms with Crippen molar-refractivity contribution in [2.45, 2.75) is 26.2 Å². The normalized spacial score (nSPS) is 11.5. The van der Waals surface area contributed by atoms with Crippen molar-refractivity contribution in [1.82, 2.24) is 4.98 Å². The van der Waals surface area contributed by atoms with E-state index in [1.54, 1.807) is 24.3 Å². The Balaban J connectivity index is 1.89. The van der Waals surface area contributed by atoms with E-state index in [4.69, 9.17) is 10.5 Å². The molecular formula is C20H20N2O2. The van der Waals surface area contributed by atoms with Crippen LogP contribution in [0.25, 0.3) is 10.9 Å². The van der Waals surface area contributed by atoms with Crippen LogP contribution in [0.5, 0.6) is 5.75 Å². The van der Waals surface area contributed by atoms with Crippen molar-refractivity contribution in [1.29, 1.82) is 0 Å². The van der Waals surface area contributed by atoms with Crippen molar-refractivity contribution in [3.63, 3.8) is 0 Å². The van der Waals surface area contributed by atoms with Gasteiger partial charge in [0, 0.05) is 5.39 Å². The van der Waals surface area contributed by atoms with Gasteiger partial charge in [0.25, 0.3) is 0 Å². The van der Waals surface area contributed by atoms with E-state index < -0.39 is 5.97 Å². The zero-order valence-electron chi connectivity index (χ0n) is 14.0. The number of para-hydroxylation sites is 1. The van der Waals surface area contributed by atoms with Gasteiger partial charge in [0.1, 0.15) is 11.3 Å². The minimum absolute atomic E-state index is 0.0412. The van der Waals surface area contributed by atoms with Crippen molar-refractivity contribution < 1.29 is 9.53 Å². The molecule has 3 rings (SSSR count). The van der Waals surface area contributed by atoms with Crippen molar-refractivity contribution in [3.8, 4) is 5.75 Å². The van der Waals surface area contributed by atoms with E-state index in [-0.39, 0.29) is 5.41 Å². The second-order valence-electron chi connectivity index (χ2n) is 6.78. The first kappa shape index (κ1) is 16.0. The number of anilines is 1. The van der Waals surface area contributed by atoms with Gasteiger partial charge in [0.05, 0.1) is 5.56 Å². The van der Waals surface area contributed by atoms with Gasteiger partial charge in [-0.25, -0.2) is 9.78 Å². The number of esters is 1. The molecule has 1 heterocycles. The van der Waals surface area contributed by atoms with Gasteiger partial charge in [-0.15, -0.1) is 0 Å². The summed E-state index contributed by atoms with van der Waals surface area (Å²) < 4.78 is 5.54. The molecule has 24 heavy (non-hydrogen) atoms. The second-order valence-corrected chi connectivity index (χ2v) is 6.78. The first-order valence-electron chi connectivity index (χ1n) is 7.82. The van der Waals surface area contributed by atoms with E-state index in [0.717, 1.165) is 5.39 Å². The number of nitrogens with zero attached hydrogens (tertiary/aromatic N) is 1. The molecule has 0 bridgehead atoms. The predicted octanol–water partition coefficient (Wildman–Crippen LogP) is 4.33. The monoisotopic (exact) mass is 320 g/mol. The molecule has 0 saturated carbocycles. The lowest BCUT2D eigenvalue weighted by Gasteiger charge is -2.18. The summed E-state index contributed by atoms with van der Waals surface area (Å²) in [6.07, 6.45) is 0. The largest absolute Gasteiger partial charge is 0.421 e. The van der Waals surface area contributed by atoms with Gasteiger partial charge < -0.3 is 10.5 Å². The minimum Gasteiger partial charge on any atom is -0.421 e. The Morgan fingerprint density at radius 2 is 1.71 bits per heavy atom. The Labute approximate surface area is 141 Å². The summed E-state index contributed by atoms with van der Waals surface area (Å²) in [6, 6.07) is 16.5. The fraction of sp³-hybridized carbons (Fsp3) is 0.200. The van der Waals surface area contributed by atoms with Crippen molar-refractivity contribution in [2.75, 3.05) is 5.73 Å². The molecule has 0 aliphatic carbocycles. The van der Waals surface area contributed by atoms with E-state index in [0.29, 0.717) is 22.6 Å². The number of pyridine rings is 1. The number of rotatable bonds is 2. The highest BCUT2D eigenvalue weighted by molar-refractivity contribution is 5.94. The minimum atomic E-state index is -0.410. The zero-order valence-corrected chi connectivity index (χ0v) is 14.0. The Morgan fingerprint density at radius 1 is 1.00 bits per heavy atom. The summed E-state index contributed by atoms with van der Waals surface area (Å²) in [7, 11) is 0. The Bertz CT molecular complexity index is 894. The number of fused-ring (bicyclic) bond motifs is 1. The highest BCUT2D eigenvalue weighted by Gasteiger charge is 2.16. The molecule has 0 atom stereocenters. The summed E-state index contributed by atoms with van der Waals surface area (Å²) in [4.78, 5) is 16.7. The Morgan fingerprint density at radius 3 is 2.38 bits per heavy atom. The van der Waals surface area contributed by atoms with Crippen molar-refractivity contribution >= 4 is 22.7 Å². The SMILES string of the molecule is CC(C)(C)c1ccc(C(=O)Oc2cccc3ccc(N)nc23)cc1. The van der Waals surface area contributed by atoms with Crippen LogP contribution in [0, 0.1) is 0 Å². The standard InChI is InChI=1S/C20H20N2O2/c1-20(2,3)15-10-7-14(8-11-15)19(23)24-16-6-4-5-13-9-12-17(21)22-18(13)16/h4-12H,1-3H3,(H2,21,22). The Hall–Kier alpha value is -2.88. The molecule has 0 aliphatic rings. The maximum atomic E-state index is 12.4. The molecule has 2 N–H and O–H groups in total. The number of aromatic nitrogens is 1. The van der Waals surface area contributed by atoms with Crippen LogP contribution in [-0.2, 0) is 5.41 Å². The van der Waals surface area contributed by atoms with Crippen LogP contribution >= 0.6 is 0 Å². The third-order valence-corrected chi connectivity index (χ3v) is 3.89. The lowest BCUT2D eigenvalue weighted by molar-refractivity contribution is 0.0736. The number of benzene rings is 2. The molecule has 0 radical (unpaired) electrons. The molecule has 0 saturated heterocycles. The lowest BCUT2D eigenvalue weighted by Crippen LogP contribution is -2.13. The third kappa shape index (κ3) is 3.23. The topological polar surface area (TPSA) is 65.2 Å². The van der Waals surface area contributed by atoms with Gasteiger partial charge in [-0.2, -0.15) is 0 Å². The quantitative estimate of drug-likeness (QED) is 0.563. The number of nitrogen functional groups attached to an aromatic ring is 1. The van der Waals surface area contributed by atoms with Crippen LogP contribution in [0.3, 0.4) is 0 Å². The number of hydrogen-bond acceptors (Lipinski definition) is 4. The summed E-state index contributed by atoms with van der Waals surface area (Å²) in [5.41, 5.74) is 8.03. The molecule has 4 heteroatoms. The van der Waals surface area contributed by atoms with Crippen LogP contribution < -0.4 is 10.5 Å². The third-order valence-electron chi connectivity index (χ3n) is 3.89. The smallest absolute Gasteiger partial charge is 0.343 e. The predicted molar refractivity (Wildman–Crippen MR) is 96.3 cm³/mol. The first-order valence-corrected chi connectivity index (χ1v) is 7.82. The number of carbonyl (C=O) groups excluding carboxylic acids is 1. The highest BCUT2D eigenvalue weighted by atomic mass is 16.5. The van der Waals surface area contributed by atoms with Gasteiger partial charge in [0.2, 0.25) is 0 Å². The molecule has 1 aromatic heterocycles. The van der Waals surface area contributed by atoms with Crippen LogP contribution in [0.4, 0.5) is 5.82 Å². The fourth-order valence-corrected chi connectivity index (χ4v) is 2.48. The number of hydrogen-bond donors (Lipinski definition) is 1. The van der Waals surface area contributed by atoms with Gasteiger partial charge in [-0.1, -0.05) is 45.0 Å². The molecule has 2 aromatic carbocycles. The molecular weight excluding hydrogens is 300 g/mol. The molecule has 0 fully saturated rings. The lowest BCUT2D eigenvalue weighted by atomic mass is 9.87. The van der Waals surface area contributed by atoms with Gasteiger partial charge in [-0.3, -0.25) is 0 Å². The fourth-order valence-electron chi connectivity index (χ4n) is 2.48. The van der Waals surface area contributed by atoms with Crippen molar-refractivity contribution in [3.05, 3.63) is 65.7 Å². The molecule has 0 amide bonds. The van der Waals surface area contributed by atoms with Crippen LogP contribution in [0.2, 0.25) is 0 Å². The zero-order chi connectivity index (χ0) is 17.3. The van der Waals surface area contributed by atoms with Crippen LogP contribution in [-0.4, -0.2) is 11.0 Å². The highest BCUT2D eigenvalue weighted by Crippen LogP contribution is 2.26. The van der Waals surface area contributed by atoms with E-state index in [1.807, 2.05) is 30.3 Å². The summed E-state index contributed by atoms with van der Waals surface area (Å²) >= 11 is 0. The number of nitrogens with two attached hydrogens (primary N) is 1. The van der Waals surface area contributed by atoms with Crippen LogP contribution in [0.1, 0.15) is 36.7 Å². The second kappa shape index (κ2) is 5.96. The van der Waals surface area contributed by atoms with E-state index in [2.05, 4.69) is 25.8 Å². The number of ether oxygens (including phenoxy) is 1. The molecule has 4 nitrogen and oxygen atoms in total. The van der Waals surface area contributed by atoms with Crippen LogP contribution in [0.15, 0.2) is 54.6 Å². The van der Waals surface area contributed by atoms with Gasteiger partial charge in [0.15, 0.2) is 5.75 Å². The maximum Gasteiger partial charge on any atom is 0.343 e. The summed E-state index contributed by atoms with van der Waals surface area (Å²) in [5, 5.41) is 0.873. The molecule has 0 spiro atoms. The van der Waals surface area contributed by atoms with Crippen molar-refractivity contribution in [2.24, 2.45) is 0 Å². The molecule has 0 aliphatic heterocycles. The number of carbonyl (C=O) groups is 1.